The maximum atomic E-state index is 12.8. The van der Waals surface area contributed by atoms with E-state index in [0.29, 0.717) is 22.7 Å². The zero-order valence-corrected chi connectivity index (χ0v) is 17.3. The number of anilines is 2. The summed E-state index contributed by atoms with van der Waals surface area (Å²) in [5.74, 6) is 0.187. The molecule has 0 aromatic heterocycles. The van der Waals surface area contributed by atoms with Gasteiger partial charge in [0, 0.05) is 29.4 Å². The number of fused-ring (bicyclic) bond motifs is 3. The molecule has 1 amide bonds. The van der Waals surface area contributed by atoms with Crippen LogP contribution in [-0.4, -0.2) is 21.4 Å². The van der Waals surface area contributed by atoms with E-state index in [-0.39, 0.29) is 10.8 Å². The molecule has 1 heterocycles. The Morgan fingerprint density at radius 2 is 1.62 bits per heavy atom. The highest BCUT2D eigenvalue weighted by Crippen LogP contribution is 2.42. The smallest absolute Gasteiger partial charge is 0.264 e. The lowest BCUT2D eigenvalue weighted by atomic mass is 10.00. The molecule has 0 saturated carbocycles. The zero-order valence-electron chi connectivity index (χ0n) is 16.5. The average molecular weight is 407 g/mol. The number of rotatable bonds is 3. The Labute approximate surface area is 171 Å². The van der Waals surface area contributed by atoms with Crippen LogP contribution in [0.5, 0.6) is 0 Å². The number of carbonyl (C=O) groups excluding carboxylic acids is 1. The maximum absolute atomic E-state index is 12.8. The van der Waals surface area contributed by atoms with Crippen LogP contribution in [0.25, 0.3) is 11.1 Å². The summed E-state index contributed by atoms with van der Waals surface area (Å²) in [5.41, 5.74) is 4.29. The molecular formula is C23H22N2O3S. The van der Waals surface area contributed by atoms with E-state index in [1.807, 2.05) is 24.3 Å². The van der Waals surface area contributed by atoms with Crippen molar-refractivity contribution in [2.75, 3.05) is 16.7 Å². The van der Waals surface area contributed by atoms with Gasteiger partial charge < -0.3 is 5.32 Å². The van der Waals surface area contributed by atoms with Crippen molar-refractivity contribution in [3.8, 4) is 11.1 Å². The minimum Gasteiger partial charge on any atom is -0.322 e. The second-order valence-corrected chi connectivity index (χ2v) is 9.37. The topological polar surface area (TPSA) is 66.5 Å². The molecule has 3 aromatic carbocycles. The van der Waals surface area contributed by atoms with Crippen molar-refractivity contribution >= 4 is 27.3 Å². The third-order valence-corrected chi connectivity index (χ3v) is 7.08. The Morgan fingerprint density at radius 3 is 2.31 bits per heavy atom. The van der Waals surface area contributed by atoms with Crippen LogP contribution in [0.3, 0.4) is 0 Å². The van der Waals surface area contributed by atoms with Crippen molar-refractivity contribution in [2.45, 2.75) is 24.7 Å². The van der Waals surface area contributed by atoms with Crippen molar-refractivity contribution in [2.24, 2.45) is 0 Å². The SMILES string of the molecule is CC(C)c1ccc(NC(=O)c2ccc3c(c2)-c2ccccc2S(=O)(=O)N3C)cc1. The van der Waals surface area contributed by atoms with E-state index in [1.54, 1.807) is 42.5 Å². The number of carbonyl (C=O) groups is 1. The number of hydrogen-bond donors (Lipinski definition) is 1. The zero-order chi connectivity index (χ0) is 20.8. The van der Waals surface area contributed by atoms with Gasteiger partial charge in [0.25, 0.3) is 15.9 Å². The summed E-state index contributed by atoms with van der Waals surface area (Å²) in [6.07, 6.45) is 0. The van der Waals surface area contributed by atoms with Gasteiger partial charge in [-0.3, -0.25) is 9.10 Å². The first-order valence-corrected chi connectivity index (χ1v) is 10.9. The summed E-state index contributed by atoms with van der Waals surface area (Å²) in [4.78, 5) is 13.0. The normalized spacial score (nSPS) is 14.3. The number of hydrogen-bond acceptors (Lipinski definition) is 3. The summed E-state index contributed by atoms with van der Waals surface area (Å²) >= 11 is 0. The molecule has 1 aliphatic heterocycles. The van der Waals surface area contributed by atoms with Gasteiger partial charge in [-0.15, -0.1) is 0 Å². The number of sulfonamides is 1. The molecule has 3 aromatic rings. The Balaban J connectivity index is 1.69. The van der Waals surface area contributed by atoms with Gasteiger partial charge in [-0.1, -0.05) is 44.2 Å². The molecule has 0 atom stereocenters. The summed E-state index contributed by atoms with van der Waals surface area (Å²) in [7, 11) is -2.07. The molecule has 0 bridgehead atoms. The largest absolute Gasteiger partial charge is 0.322 e. The molecule has 1 aliphatic rings. The third-order valence-electron chi connectivity index (χ3n) is 5.25. The standard InChI is InChI=1S/C23H22N2O3S/c1-15(2)16-8-11-18(12-9-16)24-23(26)17-10-13-21-20(14-17)19-6-4-5-7-22(19)29(27,28)25(21)3/h4-15H,1-3H3,(H,24,26). The lowest BCUT2D eigenvalue weighted by Gasteiger charge is -2.29. The summed E-state index contributed by atoms with van der Waals surface area (Å²) in [6, 6.07) is 19.7. The first-order chi connectivity index (χ1) is 13.8. The number of nitrogens with one attached hydrogen (secondary N) is 1. The molecule has 5 nitrogen and oxygen atoms in total. The molecule has 0 unspecified atom stereocenters. The van der Waals surface area contributed by atoms with Crippen LogP contribution >= 0.6 is 0 Å². The highest BCUT2D eigenvalue weighted by atomic mass is 32.2. The van der Waals surface area contributed by atoms with Gasteiger partial charge >= 0.3 is 0 Å². The fraction of sp³-hybridized carbons (Fsp3) is 0.174. The molecule has 1 N–H and O–H groups in total. The second-order valence-electron chi connectivity index (χ2n) is 7.43. The molecule has 0 saturated heterocycles. The lowest BCUT2D eigenvalue weighted by Crippen LogP contribution is -2.30. The lowest BCUT2D eigenvalue weighted by molar-refractivity contribution is 0.102. The Morgan fingerprint density at radius 1 is 0.931 bits per heavy atom. The van der Waals surface area contributed by atoms with Crippen LogP contribution in [0.1, 0.15) is 35.7 Å². The fourth-order valence-electron chi connectivity index (χ4n) is 3.51. The van der Waals surface area contributed by atoms with Gasteiger partial charge in [0.2, 0.25) is 0 Å². The van der Waals surface area contributed by atoms with E-state index < -0.39 is 10.0 Å². The number of nitrogens with zero attached hydrogens (tertiary/aromatic N) is 1. The highest BCUT2D eigenvalue weighted by molar-refractivity contribution is 7.93. The van der Waals surface area contributed by atoms with E-state index in [0.717, 1.165) is 11.3 Å². The Kier molecular flexibility index (Phi) is 4.67. The van der Waals surface area contributed by atoms with Crippen molar-refractivity contribution in [3.05, 3.63) is 77.9 Å². The summed E-state index contributed by atoms with van der Waals surface area (Å²) in [6.45, 7) is 4.24. The van der Waals surface area contributed by atoms with Crippen LogP contribution in [0.2, 0.25) is 0 Å². The Bertz CT molecular complexity index is 1200. The highest BCUT2D eigenvalue weighted by Gasteiger charge is 2.32. The van der Waals surface area contributed by atoms with Crippen molar-refractivity contribution < 1.29 is 13.2 Å². The van der Waals surface area contributed by atoms with Gasteiger partial charge in [-0.2, -0.15) is 0 Å². The number of amides is 1. The summed E-state index contributed by atoms with van der Waals surface area (Å²) < 4.78 is 26.8. The van der Waals surface area contributed by atoms with Gasteiger partial charge in [0.15, 0.2) is 0 Å². The molecule has 148 valence electrons. The predicted octanol–water partition coefficient (Wildman–Crippen LogP) is 4.87. The quantitative estimate of drug-likeness (QED) is 0.675. The third kappa shape index (κ3) is 3.29. The molecular weight excluding hydrogens is 384 g/mol. The molecule has 29 heavy (non-hydrogen) atoms. The molecule has 6 heteroatoms. The molecule has 0 spiro atoms. The monoisotopic (exact) mass is 406 g/mol. The van der Waals surface area contributed by atoms with E-state index >= 15 is 0 Å². The van der Waals surface area contributed by atoms with Gasteiger partial charge in [0.1, 0.15) is 0 Å². The predicted molar refractivity (Wildman–Crippen MR) is 116 cm³/mol. The fourth-order valence-corrected chi connectivity index (χ4v) is 4.93. The van der Waals surface area contributed by atoms with Crippen molar-refractivity contribution in [1.29, 1.82) is 0 Å². The minimum absolute atomic E-state index is 0.237. The van der Waals surface area contributed by atoms with Crippen LogP contribution in [0.4, 0.5) is 11.4 Å². The first kappa shape index (κ1) is 19.2. The van der Waals surface area contributed by atoms with E-state index in [4.69, 9.17) is 0 Å². The van der Waals surface area contributed by atoms with Gasteiger partial charge in [-0.05, 0) is 47.9 Å². The van der Waals surface area contributed by atoms with Gasteiger partial charge in [-0.25, -0.2) is 8.42 Å². The maximum Gasteiger partial charge on any atom is 0.264 e. The first-order valence-electron chi connectivity index (χ1n) is 9.43. The van der Waals surface area contributed by atoms with Gasteiger partial charge in [0.05, 0.1) is 10.6 Å². The summed E-state index contributed by atoms with van der Waals surface area (Å²) in [5, 5.41) is 2.91. The van der Waals surface area contributed by atoms with E-state index in [2.05, 4.69) is 19.2 Å². The molecule has 0 aliphatic carbocycles. The average Bonchev–Trinajstić information content (AvgIpc) is 2.72. The second kappa shape index (κ2) is 7.04. The van der Waals surface area contributed by atoms with E-state index in [9.17, 15) is 13.2 Å². The van der Waals surface area contributed by atoms with Crippen LogP contribution in [-0.2, 0) is 10.0 Å². The number of benzene rings is 3. The molecule has 0 radical (unpaired) electrons. The van der Waals surface area contributed by atoms with Crippen molar-refractivity contribution in [3.63, 3.8) is 0 Å². The van der Waals surface area contributed by atoms with Crippen LogP contribution < -0.4 is 9.62 Å². The molecule has 0 fully saturated rings. The molecule has 4 rings (SSSR count). The van der Waals surface area contributed by atoms with Crippen molar-refractivity contribution in [1.82, 2.24) is 0 Å². The minimum atomic E-state index is -3.59. The van der Waals surface area contributed by atoms with Crippen LogP contribution in [0.15, 0.2) is 71.6 Å². The van der Waals surface area contributed by atoms with Crippen LogP contribution in [0, 0.1) is 0 Å². The van der Waals surface area contributed by atoms with E-state index in [1.165, 1.54) is 16.9 Å². The Hall–Kier alpha value is -3.12.